The maximum Gasteiger partial charge on any atom is 0.232 e. The zero-order valence-corrected chi connectivity index (χ0v) is 15.6. The lowest BCUT2D eigenvalue weighted by molar-refractivity contribution is -0.138. The maximum atomic E-state index is 13.2. The average molecular weight is 346 g/mol. The molecule has 1 saturated carbocycles. The third kappa shape index (κ3) is 3.53. The van der Waals surface area contributed by atoms with E-state index >= 15 is 0 Å². The highest BCUT2D eigenvalue weighted by Crippen LogP contribution is 2.33. The number of ether oxygens (including phenoxy) is 1. The molecular weight excluding hydrogens is 316 g/mol. The largest absolute Gasteiger partial charge is 0.496 e. The van der Waals surface area contributed by atoms with E-state index in [0.29, 0.717) is 0 Å². The van der Waals surface area contributed by atoms with Crippen molar-refractivity contribution in [2.45, 2.75) is 50.7 Å². The number of carbonyl (C=O) groups excluding carboxylic acids is 1. The van der Waals surface area contributed by atoms with Crippen molar-refractivity contribution in [3.63, 3.8) is 0 Å². The van der Waals surface area contributed by atoms with Gasteiger partial charge in [0, 0.05) is 37.8 Å². The number of aliphatic hydroxyl groups is 1. The number of piperazine rings is 1. The molecule has 1 heterocycles. The second kappa shape index (κ2) is 7.34. The van der Waals surface area contributed by atoms with E-state index in [-0.39, 0.29) is 18.1 Å². The normalized spacial score (nSPS) is 25.2. The molecule has 1 amide bonds. The molecule has 2 fully saturated rings. The summed E-state index contributed by atoms with van der Waals surface area (Å²) >= 11 is 0. The zero-order chi connectivity index (χ0) is 18.0. The topological polar surface area (TPSA) is 53.0 Å². The van der Waals surface area contributed by atoms with Crippen LogP contribution in [0.5, 0.6) is 5.75 Å². The average Bonchev–Trinajstić information content (AvgIpc) is 3.07. The summed E-state index contributed by atoms with van der Waals surface area (Å²) in [7, 11) is 1.64. The van der Waals surface area contributed by atoms with Gasteiger partial charge in [-0.3, -0.25) is 9.69 Å². The number of hydrogen-bond donors (Lipinski definition) is 1. The first-order valence-corrected chi connectivity index (χ1v) is 9.30. The fraction of sp³-hybridized carbons (Fsp3) is 0.650. The van der Waals surface area contributed by atoms with Crippen LogP contribution in [0.4, 0.5) is 0 Å². The molecule has 0 spiro atoms. The third-order valence-corrected chi connectivity index (χ3v) is 5.83. The molecule has 0 unspecified atom stereocenters. The molecule has 1 aliphatic heterocycles. The van der Waals surface area contributed by atoms with Crippen LogP contribution in [0.3, 0.4) is 0 Å². The van der Waals surface area contributed by atoms with Crippen LogP contribution in [-0.2, 0) is 10.2 Å². The first-order chi connectivity index (χ1) is 11.9. The summed E-state index contributed by atoms with van der Waals surface area (Å²) in [6.45, 7) is 7.08. The number of nitrogens with zero attached hydrogens (tertiary/aromatic N) is 2. The fourth-order valence-corrected chi connectivity index (χ4v) is 4.27. The van der Waals surface area contributed by atoms with Gasteiger partial charge in [0.05, 0.1) is 18.6 Å². The van der Waals surface area contributed by atoms with Crippen LogP contribution < -0.4 is 4.74 Å². The summed E-state index contributed by atoms with van der Waals surface area (Å²) < 4.78 is 5.46. The van der Waals surface area contributed by atoms with Gasteiger partial charge in [0.25, 0.3) is 0 Å². The third-order valence-electron chi connectivity index (χ3n) is 5.83. The van der Waals surface area contributed by atoms with Crippen LogP contribution in [0.25, 0.3) is 0 Å². The molecule has 25 heavy (non-hydrogen) atoms. The molecule has 0 radical (unpaired) electrons. The van der Waals surface area contributed by atoms with Crippen molar-refractivity contribution >= 4 is 5.91 Å². The summed E-state index contributed by atoms with van der Waals surface area (Å²) in [5.41, 5.74) is 0.304. The summed E-state index contributed by atoms with van der Waals surface area (Å²) in [4.78, 5) is 17.5. The number of hydrogen-bond acceptors (Lipinski definition) is 4. The highest BCUT2D eigenvalue weighted by molar-refractivity contribution is 5.88. The van der Waals surface area contributed by atoms with Crippen LogP contribution in [0.1, 0.15) is 38.7 Å². The van der Waals surface area contributed by atoms with Gasteiger partial charge in [-0.15, -0.1) is 0 Å². The van der Waals surface area contributed by atoms with Crippen molar-refractivity contribution in [1.82, 2.24) is 9.80 Å². The van der Waals surface area contributed by atoms with E-state index in [9.17, 15) is 9.90 Å². The van der Waals surface area contributed by atoms with E-state index < -0.39 is 5.41 Å². The van der Waals surface area contributed by atoms with Crippen LogP contribution in [0.2, 0.25) is 0 Å². The quantitative estimate of drug-likeness (QED) is 0.906. The molecule has 0 aromatic heterocycles. The lowest BCUT2D eigenvalue weighted by Gasteiger charge is -2.41. The molecule has 0 bridgehead atoms. The van der Waals surface area contributed by atoms with Crippen LogP contribution >= 0.6 is 0 Å². The number of carbonyl (C=O) groups is 1. The van der Waals surface area contributed by atoms with Crippen LogP contribution in [0, 0.1) is 0 Å². The summed E-state index contributed by atoms with van der Waals surface area (Å²) in [6.07, 6.45) is 2.88. The van der Waals surface area contributed by atoms with E-state index in [1.54, 1.807) is 7.11 Å². The SMILES string of the molecule is COc1ccccc1C(C)(C)C(=O)N1CCN([C@H]2CCC[C@@H]2O)CC1. The molecule has 2 aliphatic rings. The zero-order valence-electron chi connectivity index (χ0n) is 15.6. The number of rotatable bonds is 4. The van der Waals surface area contributed by atoms with Gasteiger partial charge in [0.15, 0.2) is 0 Å². The van der Waals surface area contributed by atoms with Gasteiger partial charge < -0.3 is 14.7 Å². The highest BCUT2D eigenvalue weighted by Gasteiger charge is 2.39. The number of aliphatic hydroxyl groups excluding tert-OH is 1. The molecule has 1 saturated heterocycles. The van der Waals surface area contributed by atoms with Gasteiger partial charge in [-0.1, -0.05) is 18.2 Å². The Balaban J connectivity index is 1.67. The monoisotopic (exact) mass is 346 g/mol. The Morgan fingerprint density at radius 2 is 1.84 bits per heavy atom. The summed E-state index contributed by atoms with van der Waals surface area (Å²) in [6, 6.07) is 8.03. The first-order valence-electron chi connectivity index (χ1n) is 9.30. The summed E-state index contributed by atoms with van der Waals surface area (Å²) in [5.74, 6) is 0.900. The van der Waals surface area contributed by atoms with Gasteiger partial charge in [-0.05, 0) is 39.2 Å². The standard InChI is InChI=1S/C20H30N2O3/c1-20(2,15-7-4-5-10-18(15)25-3)19(24)22-13-11-21(12-14-22)16-8-6-9-17(16)23/h4-5,7,10,16-17,23H,6,8-9,11-14H2,1-3H3/t16-,17-/m0/s1. The smallest absolute Gasteiger partial charge is 0.232 e. The van der Waals surface area contributed by atoms with Gasteiger partial charge >= 0.3 is 0 Å². The van der Waals surface area contributed by atoms with E-state index in [1.165, 1.54) is 0 Å². The van der Waals surface area contributed by atoms with Crippen molar-refractivity contribution in [2.75, 3.05) is 33.3 Å². The van der Waals surface area contributed by atoms with Crippen molar-refractivity contribution in [1.29, 1.82) is 0 Å². The van der Waals surface area contributed by atoms with E-state index in [1.807, 2.05) is 43.0 Å². The van der Waals surface area contributed by atoms with Crippen molar-refractivity contribution in [3.8, 4) is 5.75 Å². The minimum absolute atomic E-state index is 0.142. The van der Waals surface area contributed by atoms with Crippen molar-refractivity contribution in [3.05, 3.63) is 29.8 Å². The van der Waals surface area contributed by atoms with E-state index in [2.05, 4.69) is 4.90 Å². The van der Waals surface area contributed by atoms with E-state index in [4.69, 9.17) is 4.74 Å². The Kier molecular flexibility index (Phi) is 5.35. The predicted molar refractivity (Wildman–Crippen MR) is 97.8 cm³/mol. The van der Waals surface area contributed by atoms with Crippen LogP contribution in [0.15, 0.2) is 24.3 Å². The number of benzene rings is 1. The molecule has 3 rings (SSSR count). The lowest BCUT2D eigenvalue weighted by Crippen LogP contribution is -2.56. The highest BCUT2D eigenvalue weighted by atomic mass is 16.5. The number of amides is 1. The van der Waals surface area contributed by atoms with E-state index in [0.717, 1.165) is 56.8 Å². The molecule has 2 atom stereocenters. The second-order valence-corrected chi connectivity index (χ2v) is 7.72. The molecule has 1 aliphatic carbocycles. The number of para-hydroxylation sites is 1. The van der Waals surface area contributed by atoms with Gasteiger partial charge in [-0.25, -0.2) is 0 Å². The Morgan fingerprint density at radius 1 is 1.16 bits per heavy atom. The lowest BCUT2D eigenvalue weighted by atomic mass is 9.82. The van der Waals surface area contributed by atoms with Gasteiger partial charge in [-0.2, -0.15) is 0 Å². The minimum Gasteiger partial charge on any atom is -0.496 e. The van der Waals surface area contributed by atoms with Gasteiger partial charge in [0.1, 0.15) is 5.75 Å². The predicted octanol–water partition coefficient (Wildman–Crippen LogP) is 2.03. The first kappa shape index (κ1) is 18.2. The summed E-state index contributed by atoms with van der Waals surface area (Å²) in [5, 5.41) is 10.1. The second-order valence-electron chi connectivity index (χ2n) is 7.72. The Labute approximate surface area is 150 Å². The Morgan fingerprint density at radius 3 is 2.44 bits per heavy atom. The Hall–Kier alpha value is -1.59. The van der Waals surface area contributed by atoms with Crippen molar-refractivity contribution < 1.29 is 14.6 Å². The fourth-order valence-electron chi connectivity index (χ4n) is 4.27. The molecule has 138 valence electrons. The minimum atomic E-state index is -0.623. The molecule has 5 heteroatoms. The molecule has 1 aromatic rings. The Bertz CT molecular complexity index is 609. The maximum absolute atomic E-state index is 13.2. The van der Waals surface area contributed by atoms with Crippen LogP contribution in [-0.4, -0.2) is 66.2 Å². The molecule has 1 N–H and O–H groups in total. The molecule has 5 nitrogen and oxygen atoms in total. The molecular formula is C20H30N2O3. The van der Waals surface area contributed by atoms with Crippen molar-refractivity contribution in [2.24, 2.45) is 0 Å². The molecule has 1 aromatic carbocycles. The number of methoxy groups -OCH3 is 1. The van der Waals surface area contributed by atoms with Gasteiger partial charge in [0.2, 0.25) is 5.91 Å².